The number of aromatic carboxylic acids is 1. The average molecular weight is 425 g/mol. The number of rotatable bonds is 4. The molecular weight excluding hydrogens is 411 g/mol. The Morgan fingerprint density at radius 3 is 2.24 bits per heavy atom. The summed E-state index contributed by atoms with van der Waals surface area (Å²) in [6, 6.07) is 10.4. The Balaban J connectivity index is 2.27. The van der Waals surface area contributed by atoms with Crippen molar-refractivity contribution in [1.82, 2.24) is 9.78 Å². The summed E-state index contributed by atoms with van der Waals surface area (Å²) in [6.45, 7) is 1.81. The van der Waals surface area contributed by atoms with Crippen molar-refractivity contribution in [2.45, 2.75) is 18.0 Å². The molecule has 152 valence electrons. The fourth-order valence-corrected chi connectivity index (χ4v) is 3.42. The predicted molar refractivity (Wildman–Crippen MR) is 97.1 cm³/mol. The van der Waals surface area contributed by atoms with Crippen LogP contribution >= 0.6 is 0 Å². The van der Waals surface area contributed by atoms with E-state index in [1.54, 1.807) is 24.3 Å². The number of alkyl halides is 3. The van der Waals surface area contributed by atoms with Gasteiger partial charge in [-0.05, 0) is 31.2 Å². The molecular formula is C18H14F3N3O4S. The number of carbonyl (C=O) groups is 1. The number of aromatic nitrogens is 2. The van der Waals surface area contributed by atoms with E-state index in [0.717, 1.165) is 34.5 Å². The van der Waals surface area contributed by atoms with E-state index < -0.39 is 38.3 Å². The lowest BCUT2D eigenvalue weighted by Crippen LogP contribution is -2.17. The van der Waals surface area contributed by atoms with Crippen molar-refractivity contribution in [2.24, 2.45) is 5.14 Å². The quantitative estimate of drug-likeness (QED) is 0.666. The standard InChI is InChI=1S/C18H14F3N3O4S/c1-10-2-4-11(5-3-10)14-9-16(18(19,20)21)23-24(14)12-6-7-15(29(22,27)28)13(8-12)17(25)26/h2-9H,1H3,(H,25,26)(H2,22,27,28). The van der Waals surface area contributed by atoms with E-state index in [4.69, 9.17) is 5.14 Å². The topological polar surface area (TPSA) is 115 Å². The molecule has 2 aromatic carbocycles. The first-order chi connectivity index (χ1) is 13.4. The van der Waals surface area contributed by atoms with E-state index in [2.05, 4.69) is 5.10 Å². The molecule has 0 bridgehead atoms. The van der Waals surface area contributed by atoms with Crippen LogP contribution in [0.3, 0.4) is 0 Å². The van der Waals surface area contributed by atoms with E-state index in [9.17, 15) is 31.5 Å². The highest BCUT2D eigenvalue weighted by Crippen LogP contribution is 2.33. The van der Waals surface area contributed by atoms with E-state index in [0.29, 0.717) is 5.56 Å². The summed E-state index contributed by atoms with van der Waals surface area (Å²) >= 11 is 0. The maximum absolute atomic E-state index is 13.2. The molecule has 3 rings (SSSR count). The molecule has 0 aliphatic carbocycles. The summed E-state index contributed by atoms with van der Waals surface area (Å²) in [6.07, 6.45) is -4.74. The van der Waals surface area contributed by atoms with Crippen LogP contribution in [0.4, 0.5) is 13.2 Å². The molecule has 0 amide bonds. The van der Waals surface area contributed by atoms with Gasteiger partial charge in [0.05, 0.1) is 21.8 Å². The zero-order valence-electron chi connectivity index (χ0n) is 14.8. The van der Waals surface area contributed by atoms with Gasteiger partial charge in [-0.2, -0.15) is 18.3 Å². The predicted octanol–water partition coefficient (Wildman–Crippen LogP) is 3.21. The smallest absolute Gasteiger partial charge is 0.435 e. The van der Waals surface area contributed by atoms with Gasteiger partial charge in [-0.25, -0.2) is 23.0 Å². The van der Waals surface area contributed by atoms with Crippen LogP contribution in [-0.4, -0.2) is 29.3 Å². The van der Waals surface area contributed by atoms with E-state index >= 15 is 0 Å². The number of nitrogens with two attached hydrogens (primary N) is 1. The fraction of sp³-hybridized carbons (Fsp3) is 0.111. The Morgan fingerprint density at radius 1 is 1.10 bits per heavy atom. The normalized spacial score (nSPS) is 12.2. The number of nitrogens with zero attached hydrogens (tertiary/aromatic N) is 2. The van der Waals surface area contributed by atoms with Crippen LogP contribution in [-0.2, 0) is 16.2 Å². The molecule has 11 heteroatoms. The van der Waals surface area contributed by atoms with Gasteiger partial charge in [-0.1, -0.05) is 29.8 Å². The molecule has 29 heavy (non-hydrogen) atoms. The van der Waals surface area contributed by atoms with Crippen molar-refractivity contribution in [3.63, 3.8) is 0 Å². The third-order valence-corrected chi connectivity index (χ3v) is 5.06. The summed E-state index contributed by atoms with van der Waals surface area (Å²) in [7, 11) is -4.35. The van der Waals surface area contributed by atoms with E-state index in [1.807, 2.05) is 6.92 Å². The molecule has 3 aromatic rings. The molecule has 0 radical (unpaired) electrons. The van der Waals surface area contributed by atoms with Crippen LogP contribution in [0, 0.1) is 6.92 Å². The van der Waals surface area contributed by atoms with Crippen molar-refractivity contribution in [2.75, 3.05) is 0 Å². The first-order valence-electron chi connectivity index (χ1n) is 8.03. The van der Waals surface area contributed by atoms with Gasteiger partial charge in [0, 0.05) is 5.56 Å². The van der Waals surface area contributed by atoms with Crippen LogP contribution in [0.1, 0.15) is 21.6 Å². The lowest BCUT2D eigenvalue weighted by Gasteiger charge is -2.11. The number of carboxylic acid groups (broad SMARTS) is 1. The lowest BCUT2D eigenvalue weighted by atomic mass is 10.1. The molecule has 7 nitrogen and oxygen atoms in total. The van der Waals surface area contributed by atoms with Crippen LogP contribution < -0.4 is 5.14 Å². The Morgan fingerprint density at radius 2 is 1.72 bits per heavy atom. The second kappa shape index (κ2) is 7.01. The molecule has 0 aliphatic heterocycles. The molecule has 0 saturated heterocycles. The molecule has 0 saturated carbocycles. The van der Waals surface area contributed by atoms with Crippen molar-refractivity contribution < 1.29 is 31.5 Å². The maximum atomic E-state index is 13.2. The largest absolute Gasteiger partial charge is 0.478 e. The van der Waals surface area contributed by atoms with Gasteiger partial charge in [-0.3, -0.25) is 0 Å². The van der Waals surface area contributed by atoms with Gasteiger partial charge in [0.15, 0.2) is 5.69 Å². The first kappa shape index (κ1) is 20.6. The molecule has 0 spiro atoms. The number of primary sulfonamides is 1. The van der Waals surface area contributed by atoms with Crippen LogP contribution in [0.5, 0.6) is 0 Å². The minimum Gasteiger partial charge on any atom is -0.478 e. The van der Waals surface area contributed by atoms with Gasteiger partial charge in [0.25, 0.3) is 0 Å². The van der Waals surface area contributed by atoms with Crippen LogP contribution in [0.15, 0.2) is 53.4 Å². The van der Waals surface area contributed by atoms with E-state index in [1.165, 1.54) is 0 Å². The maximum Gasteiger partial charge on any atom is 0.435 e. The number of halogens is 3. The van der Waals surface area contributed by atoms with Crippen molar-refractivity contribution in [3.8, 4) is 16.9 Å². The summed E-state index contributed by atoms with van der Waals surface area (Å²) < 4.78 is 63.8. The Kier molecular flexibility index (Phi) is 4.97. The zero-order valence-corrected chi connectivity index (χ0v) is 15.6. The van der Waals surface area contributed by atoms with Gasteiger partial charge >= 0.3 is 12.1 Å². The monoisotopic (exact) mass is 425 g/mol. The van der Waals surface area contributed by atoms with Gasteiger partial charge in [0.2, 0.25) is 10.0 Å². The zero-order chi connectivity index (χ0) is 21.6. The average Bonchev–Trinajstić information content (AvgIpc) is 3.06. The van der Waals surface area contributed by atoms with Crippen molar-refractivity contribution in [3.05, 3.63) is 65.4 Å². The third-order valence-electron chi connectivity index (χ3n) is 4.09. The SMILES string of the molecule is Cc1ccc(-c2cc(C(F)(F)F)nn2-c2ccc(S(N)(=O)=O)c(C(=O)O)c2)cc1. The first-order valence-corrected chi connectivity index (χ1v) is 9.57. The third kappa shape index (κ3) is 4.15. The summed E-state index contributed by atoms with van der Waals surface area (Å²) in [5.41, 5.74) is -0.574. The minimum absolute atomic E-state index is 0.0528. The summed E-state index contributed by atoms with van der Waals surface area (Å²) in [5.74, 6) is -1.60. The Bertz CT molecular complexity index is 1200. The summed E-state index contributed by atoms with van der Waals surface area (Å²) in [4.78, 5) is 10.8. The van der Waals surface area contributed by atoms with Crippen molar-refractivity contribution in [1.29, 1.82) is 0 Å². The van der Waals surface area contributed by atoms with Gasteiger partial charge in [-0.15, -0.1) is 0 Å². The van der Waals surface area contributed by atoms with Crippen LogP contribution in [0.2, 0.25) is 0 Å². The molecule has 0 atom stereocenters. The highest BCUT2D eigenvalue weighted by Gasteiger charge is 2.35. The molecule has 0 unspecified atom stereocenters. The second-order valence-corrected chi connectivity index (χ2v) is 7.75. The van der Waals surface area contributed by atoms with Crippen LogP contribution in [0.25, 0.3) is 16.9 Å². The Labute approximate surface area is 163 Å². The Hall–Kier alpha value is -3.18. The molecule has 1 aromatic heterocycles. The molecule has 0 fully saturated rings. The van der Waals surface area contributed by atoms with Crippen molar-refractivity contribution >= 4 is 16.0 Å². The number of sulfonamides is 1. The lowest BCUT2D eigenvalue weighted by molar-refractivity contribution is -0.141. The fourth-order valence-electron chi connectivity index (χ4n) is 2.71. The summed E-state index contributed by atoms with van der Waals surface area (Å²) in [5, 5.41) is 17.9. The second-order valence-electron chi connectivity index (χ2n) is 6.22. The van der Waals surface area contributed by atoms with Gasteiger partial charge in [0.1, 0.15) is 0 Å². The highest BCUT2D eigenvalue weighted by molar-refractivity contribution is 7.89. The number of carboxylic acids is 1. The van der Waals surface area contributed by atoms with Gasteiger partial charge < -0.3 is 5.11 Å². The molecule has 0 aliphatic rings. The minimum atomic E-state index is -4.74. The highest BCUT2D eigenvalue weighted by atomic mass is 32.2. The number of benzene rings is 2. The number of aryl methyl sites for hydroxylation is 1. The molecule has 3 N–H and O–H groups in total. The molecule has 1 heterocycles. The van der Waals surface area contributed by atoms with E-state index in [-0.39, 0.29) is 11.4 Å². The number of hydrogen-bond acceptors (Lipinski definition) is 4. The number of hydrogen-bond donors (Lipinski definition) is 2.